The molecular weight excluding hydrogens is 256 g/mol. The van der Waals surface area contributed by atoms with E-state index in [9.17, 15) is 4.79 Å². The zero-order valence-electron chi connectivity index (χ0n) is 11.1. The van der Waals surface area contributed by atoms with Crippen molar-refractivity contribution >= 4 is 30.1 Å². The van der Waals surface area contributed by atoms with Crippen LogP contribution < -0.4 is 5.73 Å². The molecule has 3 nitrogen and oxygen atoms in total. The van der Waals surface area contributed by atoms with Crippen LogP contribution in [0.2, 0.25) is 0 Å². The quantitative estimate of drug-likeness (QED) is 0.858. The molecule has 0 aromatic rings. The highest BCUT2D eigenvalue weighted by molar-refractivity contribution is 7.98. The molecule has 2 N–H and O–H groups in total. The van der Waals surface area contributed by atoms with Gasteiger partial charge in [-0.25, -0.2) is 0 Å². The summed E-state index contributed by atoms with van der Waals surface area (Å²) < 4.78 is 0. The van der Waals surface area contributed by atoms with Crippen LogP contribution in [0.15, 0.2) is 0 Å². The van der Waals surface area contributed by atoms with E-state index in [2.05, 4.69) is 13.8 Å². The molecule has 0 spiro atoms. The van der Waals surface area contributed by atoms with E-state index in [1.165, 1.54) is 6.42 Å². The number of rotatable bonds is 4. The third-order valence-electron chi connectivity index (χ3n) is 3.16. The van der Waals surface area contributed by atoms with E-state index in [1.807, 2.05) is 11.2 Å². The van der Waals surface area contributed by atoms with Gasteiger partial charge in [-0.1, -0.05) is 13.8 Å². The van der Waals surface area contributed by atoms with Gasteiger partial charge in [-0.2, -0.15) is 11.8 Å². The Morgan fingerprint density at radius 3 is 2.71 bits per heavy atom. The zero-order valence-corrected chi connectivity index (χ0v) is 12.7. The molecule has 102 valence electrons. The molecule has 1 atom stereocenters. The SMILES string of the molecule is CSCC[C@H](N)C(=O)N1CCCC(C)(C)C1.Cl. The minimum Gasteiger partial charge on any atom is -0.341 e. The Bertz CT molecular complexity index is 249. The van der Waals surface area contributed by atoms with Crippen molar-refractivity contribution in [2.75, 3.05) is 25.1 Å². The third kappa shape index (κ3) is 5.49. The number of hydrogen-bond donors (Lipinski definition) is 1. The van der Waals surface area contributed by atoms with Crippen molar-refractivity contribution in [1.29, 1.82) is 0 Å². The Balaban J connectivity index is 0.00000256. The van der Waals surface area contributed by atoms with Crippen LogP contribution in [-0.4, -0.2) is 41.9 Å². The van der Waals surface area contributed by atoms with Gasteiger partial charge in [0.1, 0.15) is 0 Å². The standard InChI is InChI=1S/C12H24N2OS.ClH/c1-12(2)6-4-7-14(9-12)11(15)10(13)5-8-16-3;/h10H,4-9,13H2,1-3H3;1H/t10-;/m0./s1. The van der Waals surface area contributed by atoms with Gasteiger partial charge in [-0.05, 0) is 36.7 Å². The van der Waals surface area contributed by atoms with Crippen LogP contribution in [0.4, 0.5) is 0 Å². The lowest BCUT2D eigenvalue weighted by atomic mass is 9.84. The topological polar surface area (TPSA) is 46.3 Å². The number of nitrogens with two attached hydrogens (primary N) is 1. The maximum atomic E-state index is 12.1. The Morgan fingerprint density at radius 2 is 2.18 bits per heavy atom. The highest BCUT2D eigenvalue weighted by Gasteiger charge is 2.30. The van der Waals surface area contributed by atoms with Crippen molar-refractivity contribution in [2.24, 2.45) is 11.1 Å². The maximum Gasteiger partial charge on any atom is 0.239 e. The lowest BCUT2D eigenvalue weighted by molar-refractivity contribution is -0.135. The predicted octanol–water partition coefficient (Wildman–Crippen LogP) is 2.14. The first-order valence-corrected chi connectivity index (χ1v) is 7.39. The normalized spacial score (nSPS) is 20.6. The fourth-order valence-corrected chi connectivity index (χ4v) is 2.70. The monoisotopic (exact) mass is 280 g/mol. The van der Waals surface area contributed by atoms with Gasteiger partial charge in [-0.15, -0.1) is 12.4 Å². The van der Waals surface area contributed by atoms with Crippen LogP contribution in [-0.2, 0) is 4.79 Å². The summed E-state index contributed by atoms with van der Waals surface area (Å²) in [4.78, 5) is 14.0. The molecule has 0 aromatic carbocycles. The molecule has 1 amide bonds. The van der Waals surface area contributed by atoms with Gasteiger partial charge in [0, 0.05) is 13.1 Å². The van der Waals surface area contributed by atoms with E-state index in [0.29, 0.717) is 0 Å². The molecular formula is C12H25ClN2OS. The Kier molecular flexibility index (Phi) is 7.52. The van der Waals surface area contributed by atoms with E-state index >= 15 is 0 Å². The highest BCUT2D eigenvalue weighted by Crippen LogP contribution is 2.28. The molecule has 1 aliphatic heterocycles. The summed E-state index contributed by atoms with van der Waals surface area (Å²) in [5.74, 6) is 1.10. The number of nitrogens with zero attached hydrogens (tertiary/aromatic N) is 1. The van der Waals surface area contributed by atoms with Crippen molar-refractivity contribution in [3.05, 3.63) is 0 Å². The second-order valence-corrected chi connectivity index (χ2v) is 6.40. The summed E-state index contributed by atoms with van der Waals surface area (Å²) in [5, 5.41) is 0. The number of likely N-dealkylation sites (tertiary alicyclic amines) is 1. The zero-order chi connectivity index (χ0) is 12.2. The molecule has 0 saturated carbocycles. The van der Waals surface area contributed by atoms with E-state index in [0.717, 1.165) is 31.7 Å². The molecule has 1 aliphatic rings. The van der Waals surface area contributed by atoms with E-state index in [1.54, 1.807) is 11.8 Å². The van der Waals surface area contributed by atoms with Crippen molar-refractivity contribution in [3.8, 4) is 0 Å². The van der Waals surface area contributed by atoms with Crippen molar-refractivity contribution in [2.45, 2.75) is 39.2 Å². The van der Waals surface area contributed by atoms with Crippen LogP contribution in [0.3, 0.4) is 0 Å². The summed E-state index contributed by atoms with van der Waals surface area (Å²) in [6, 6.07) is -0.304. The molecule has 17 heavy (non-hydrogen) atoms. The van der Waals surface area contributed by atoms with Gasteiger partial charge >= 0.3 is 0 Å². The Labute approximate surface area is 115 Å². The number of carbonyl (C=O) groups excluding carboxylic acids is 1. The molecule has 1 saturated heterocycles. The molecule has 1 fully saturated rings. The van der Waals surface area contributed by atoms with Crippen LogP contribution in [0.25, 0.3) is 0 Å². The number of halogens is 1. The molecule has 0 aromatic heterocycles. The lowest BCUT2D eigenvalue weighted by Gasteiger charge is -2.39. The van der Waals surface area contributed by atoms with Gasteiger partial charge in [-0.3, -0.25) is 4.79 Å². The van der Waals surface area contributed by atoms with Gasteiger partial charge < -0.3 is 10.6 Å². The molecule has 0 unspecified atom stereocenters. The van der Waals surface area contributed by atoms with Crippen LogP contribution in [0, 0.1) is 5.41 Å². The average Bonchev–Trinajstić information content (AvgIpc) is 2.23. The number of thioether (sulfide) groups is 1. The van der Waals surface area contributed by atoms with E-state index in [-0.39, 0.29) is 29.8 Å². The number of piperidine rings is 1. The third-order valence-corrected chi connectivity index (χ3v) is 3.81. The van der Waals surface area contributed by atoms with Gasteiger partial charge in [0.25, 0.3) is 0 Å². The summed E-state index contributed by atoms with van der Waals surface area (Å²) in [7, 11) is 0. The summed E-state index contributed by atoms with van der Waals surface area (Å²) in [5.41, 5.74) is 6.18. The van der Waals surface area contributed by atoms with Crippen molar-refractivity contribution < 1.29 is 4.79 Å². The molecule has 0 radical (unpaired) electrons. The van der Waals surface area contributed by atoms with Crippen LogP contribution in [0.1, 0.15) is 33.1 Å². The first kappa shape index (κ1) is 17.1. The molecule has 0 aliphatic carbocycles. The number of hydrogen-bond acceptors (Lipinski definition) is 3. The molecule has 1 heterocycles. The first-order valence-electron chi connectivity index (χ1n) is 5.99. The maximum absolute atomic E-state index is 12.1. The molecule has 1 rings (SSSR count). The van der Waals surface area contributed by atoms with E-state index in [4.69, 9.17) is 5.73 Å². The van der Waals surface area contributed by atoms with Gasteiger partial charge in [0.2, 0.25) is 5.91 Å². The lowest BCUT2D eigenvalue weighted by Crippen LogP contribution is -2.50. The smallest absolute Gasteiger partial charge is 0.239 e. The summed E-state index contributed by atoms with van der Waals surface area (Å²) in [6.07, 6.45) is 5.14. The number of carbonyl (C=O) groups is 1. The van der Waals surface area contributed by atoms with Crippen LogP contribution >= 0.6 is 24.2 Å². The predicted molar refractivity (Wildman–Crippen MR) is 77.8 cm³/mol. The molecule has 5 heteroatoms. The Hall–Kier alpha value is 0.0700. The first-order chi connectivity index (χ1) is 7.46. The largest absolute Gasteiger partial charge is 0.341 e. The number of amides is 1. The summed E-state index contributed by atoms with van der Waals surface area (Å²) in [6.45, 7) is 6.19. The van der Waals surface area contributed by atoms with E-state index < -0.39 is 0 Å². The van der Waals surface area contributed by atoms with Crippen molar-refractivity contribution in [1.82, 2.24) is 4.90 Å². The van der Waals surface area contributed by atoms with Crippen molar-refractivity contribution in [3.63, 3.8) is 0 Å². The highest BCUT2D eigenvalue weighted by atomic mass is 35.5. The second kappa shape index (κ2) is 7.49. The fraction of sp³-hybridized carbons (Fsp3) is 0.917. The summed E-state index contributed by atoms with van der Waals surface area (Å²) >= 11 is 1.74. The Morgan fingerprint density at radius 1 is 1.53 bits per heavy atom. The van der Waals surface area contributed by atoms with Gasteiger partial charge in [0.05, 0.1) is 6.04 Å². The molecule has 0 bridgehead atoms. The minimum absolute atomic E-state index is 0. The minimum atomic E-state index is -0.304. The van der Waals surface area contributed by atoms with Gasteiger partial charge in [0.15, 0.2) is 0 Å². The van der Waals surface area contributed by atoms with Crippen LogP contribution in [0.5, 0.6) is 0 Å². The average molecular weight is 281 g/mol. The fourth-order valence-electron chi connectivity index (χ4n) is 2.21. The second-order valence-electron chi connectivity index (χ2n) is 5.42.